The Morgan fingerprint density at radius 1 is 1.07 bits per heavy atom. The van der Waals surface area contributed by atoms with Crippen molar-refractivity contribution in [3.05, 3.63) is 45.9 Å². The zero-order valence-electron chi connectivity index (χ0n) is 36.6. The van der Waals surface area contributed by atoms with Crippen molar-refractivity contribution in [1.29, 1.82) is 0 Å². The second-order valence-corrected chi connectivity index (χ2v) is 18.1. The molecule has 6 N–H and O–H groups in total. The molecule has 1 aliphatic heterocycles. The van der Waals surface area contributed by atoms with E-state index in [0.29, 0.717) is 56.0 Å². The number of carbonyl (C=O) groups excluding carboxylic acids is 4. The zero-order valence-corrected chi connectivity index (χ0v) is 37.4. The van der Waals surface area contributed by atoms with Gasteiger partial charge >= 0.3 is 11.9 Å². The lowest BCUT2D eigenvalue weighted by Crippen LogP contribution is -2.60. The van der Waals surface area contributed by atoms with Crippen LogP contribution in [0.1, 0.15) is 147 Å². The Morgan fingerprint density at radius 2 is 1.76 bits per heavy atom. The minimum atomic E-state index is -1.13. The normalized spacial score (nSPS) is 17.9. The number of rotatable bonds is 25. The lowest BCUT2D eigenvalue weighted by molar-refractivity contribution is -0.150. The molecule has 1 aliphatic rings. The van der Waals surface area contributed by atoms with E-state index in [1.807, 2.05) is 49.6 Å². The molecule has 3 rings (SSSR count). The topological polar surface area (TPSA) is 204 Å². The SMILES string of the molecule is CCCCCCN(C(=O)[C@H](CCC)NC(=O)[C@@]1(C)CCCN1CCO)[C@H](C[C@@H](OC(C)=O)c1nc(C(=O)N[C@@H](Cc2ccc(N)cc2)CC(C)(C)C(=O)O)cs1)C(C)C. The number of nitrogens with one attached hydrogen (secondary N) is 2. The monoisotopic (exact) mass is 842 g/mol. The molecule has 1 fully saturated rings. The van der Waals surface area contributed by atoms with Gasteiger partial charge in [-0.25, -0.2) is 4.98 Å². The number of thiazole rings is 1. The number of amides is 3. The summed E-state index contributed by atoms with van der Waals surface area (Å²) in [6, 6.07) is 5.46. The highest BCUT2D eigenvalue weighted by molar-refractivity contribution is 7.09. The number of carboxylic acids is 1. The van der Waals surface area contributed by atoms with Crippen LogP contribution in [0.3, 0.4) is 0 Å². The van der Waals surface area contributed by atoms with Crippen molar-refractivity contribution in [2.24, 2.45) is 11.3 Å². The average molecular weight is 843 g/mol. The van der Waals surface area contributed by atoms with Crippen LogP contribution in [-0.4, -0.2) is 105 Å². The summed E-state index contributed by atoms with van der Waals surface area (Å²) in [5.74, 6) is -2.51. The van der Waals surface area contributed by atoms with Crippen LogP contribution in [0.4, 0.5) is 5.69 Å². The fourth-order valence-corrected chi connectivity index (χ4v) is 8.80. The Labute approximate surface area is 355 Å². The van der Waals surface area contributed by atoms with E-state index in [9.17, 15) is 34.2 Å². The van der Waals surface area contributed by atoms with Gasteiger partial charge in [-0.05, 0) is 89.5 Å². The van der Waals surface area contributed by atoms with Crippen molar-refractivity contribution >= 4 is 46.7 Å². The van der Waals surface area contributed by atoms with Crippen molar-refractivity contribution in [1.82, 2.24) is 25.4 Å². The average Bonchev–Trinajstić information content (AvgIpc) is 3.82. The second-order valence-electron chi connectivity index (χ2n) is 17.2. The summed E-state index contributed by atoms with van der Waals surface area (Å²) >= 11 is 1.18. The van der Waals surface area contributed by atoms with Gasteiger partial charge in [0.05, 0.1) is 17.6 Å². The van der Waals surface area contributed by atoms with Crippen molar-refractivity contribution in [2.75, 3.05) is 32.0 Å². The number of anilines is 1. The van der Waals surface area contributed by atoms with E-state index in [-0.39, 0.29) is 42.9 Å². The predicted octanol–water partition coefficient (Wildman–Crippen LogP) is 6.13. The molecule has 1 aromatic heterocycles. The first kappa shape index (κ1) is 49.3. The standard InChI is InChI=1S/C44H70N6O8S/c1-9-11-12-13-22-50(40(54)34(15-10-2)48-41(55)44(8)20-14-21-49(44)23-24-51)36(29(3)4)26-37(58-30(5)52)39-47-35(28-59-39)38(53)46-33(27-43(6,7)42(56)57)25-31-16-18-32(45)19-17-31/h16-19,28-29,33-34,36-37,51H,9-15,20-27,45H2,1-8H3,(H,46,53)(H,48,55)(H,56,57)/t33-,34-,36+,37+,44+/m0/s1. The summed E-state index contributed by atoms with van der Waals surface area (Å²) < 4.78 is 5.90. The fraction of sp³-hybridized carbons (Fsp3) is 0.682. The third-order valence-corrected chi connectivity index (χ3v) is 12.4. The van der Waals surface area contributed by atoms with E-state index in [4.69, 9.17) is 10.5 Å². The Kier molecular flexibility index (Phi) is 19.3. The molecule has 15 heteroatoms. The largest absolute Gasteiger partial charge is 0.481 e. The van der Waals surface area contributed by atoms with Gasteiger partial charge in [0.1, 0.15) is 16.7 Å². The Balaban J connectivity index is 1.93. The van der Waals surface area contributed by atoms with E-state index < -0.39 is 53.0 Å². The number of esters is 1. The maximum absolute atomic E-state index is 14.8. The molecular weight excluding hydrogens is 773 g/mol. The van der Waals surface area contributed by atoms with Crippen LogP contribution in [0, 0.1) is 11.3 Å². The van der Waals surface area contributed by atoms with Crippen LogP contribution < -0.4 is 16.4 Å². The third-order valence-electron chi connectivity index (χ3n) is 11.5. The number of carboxylic acid groups (broad SMARTS) is 1. The minimum absolute atomic E-state index is 0.0628. The summed E-state index contributed by atoms with van der Waals surface area (Å²) in [5, 5.41) is 27.7. The Morgan fingerprint density at radius 3 is 2.36 bits per heavy atom. The number of nitrogen functional groups attached to an aromatic ring is 1. The van der Waals surface area contributed by atoms with Gasteiger partial charge in [-0.3, -0.25) is 28.9 Å². The van der Waals surface area contributed by atoms with Crippen LogP contribution in [-0.2, 0) is 30.3 Å². The number of aliphatic hydroxyl groups is 1. The van der Waals surface area contributed by atoms with Crippen LogP contribution in [0.25, 0.3) is 0 Å². The molecule has 3 amide bonds. The summed E-state index contributed by atoms with van der Waals surface area (Å²) in [5.41, 5.74) is 5.49. The molecule has 14 nitrogen and oxygen atoms in total. The molecular formula is C44H70N6O8S. The highest BCUT2D eigenvalue weighted by atomic mass is 32.1. The van der Waals surface area contributed by atoms with Gasteiger partial charge in [-0.2, -0.15) is 0 Å². The van der Waals surface area contributed by atoms with Gasteiger partial charge in [-0.1, -0.05) is 65.5 Å². The first-order valence-corrected chi connectivity index (χ1v) is 22.2. The molecule has 2 heterocycles. The number of β-amino-alcohol motifs (C(OH)–C–C–N with tert-alkyl or cyclic N) is 1. The lowest BCUT2D eigenvalue weighted by atomic mass is 9.84. The molecule has 0 bridgehead atoms. The van der Waals surface area contributed by atoms with Gasteiger partial charge in [-0.15, -0.1) is 11.3 Å². The maximum Gasteiger partial charge on any atom is 0.309 e. The number of benzene rings is 1. The zero-order chi connectivity index (χ0) is 43.9. The quantitative estimate of drug-likeness (QED) is 0.0437. The molecule has 0 unspecified atom stereocenters. The van der Waals surface area contributed by atoms with Crippen LogP contribution >= 0.6 is 11.3 Å². The third kappa shape index (κ3) is 14.3. The number of aromatic nitrogens is 1. The molecule has 0 saturated carbocycles. The van der Waals surface area contributed by atoms with Gasteiger partial charge in [0.2, 0.25) is 11.8 Å². The van der Waals surface area contributed by atoms with Crippen LogP contribution in [0.2, 0.25) is 0 Å². The summed E-state index contributed by atoms with van der Waals surface area (Å²) in [4.78, 5) is 75.7. The van der Waals surface area contributed by atoms with Gasteiger partial charge < -0.3 is 36.2 Å². The van der Waals surface area contributed by atoms with E-state index in [2.05, 4.69) is 22.5 Å². The minimum Gasteiger partial charge on any atom is -0.481 e. The molecule has 0 radical (unpaired) electrons. The van der Waals surface area contributed by atoms with Gasteiger partial charge in [0.15, 0.2) is 6.10 Å². The van der Waals surface area contributed by atoms with E-state index in [1.54, 1.807) is 31.4 Å². The molecule has 330 valence electrons. The summed E-state index contributed by atoms with van der Waals surface area (Å²) in [6.07, 6.45) is 6.13. The van der Waals surface area contributed by atoms with Crippen LogP contribution in [0.15, 0.2) is 29.6 Å². The first-order valence-electron chi connectivity index (χ1n) is 21.3. The van der Waals surface area contributed by atoms with E-state index in [0.717, 1.165) is 37.7 Å². The number of hydrogen-bond donors (Lipinski definition) is 5. The summed E-state index contributed by atoms with van der Waals surface area (Å²) in [6.45, 7) is 16.0. The smallest absolute Gasteiger partial charge is 0.309 e. The van der Waals surface area contributed by atoms with Crippen molar-refractivity contribution in [3.63, 3.8) is 0 Å². The predicted molar refractivity (Wildman–Crippen MR) is 231 cm³/mol. The number of aliphatic hydroxyl groups excluding tert-OH is 1. The molecule has 5 atom stereocenters. The second kappa shape index (κ2) is 23.1. The van der Waals surface area contributed by atoms with E-state index in [1.165, 1.54) is 18.3 Å². The molecule has 1 aromatic carbocycles. The molecule has 0 spiro atoms. The number of nitrogens with two attached hydrogens (primary N) is 1. The number of aliphatic carboxylic acids is 1. The maximum atomic E-state index is 14.8. The van der Waals surface area contributed by atoms with Crippen molar-refractivity contribution in [2.45, 2.75) is 156 Å². The van der Waals surface area contributed by atoms with Crippen molar-refractivity contribution in [3.8, 4) is 0 Å². The number of ether oxygens (including phenoxy) is 1. The number of nitrogens with zero attached hydrogens (tertiary/aromatic N) is 3. The molecule has 0 aliphatic carbocycles. The fourth-order valence-electron chi connectivity index (χ4n) is 7.96. The number of hydrogen-bond acceptors (Lipinski definition) is 11. The van der Waals surface area contributed by atoms with Gasteiger partial charge in [0, 0.05) is 49.6 Å². The highest BCUT2D eigenvalue weighted by Gasteiger charge is 2.45. The molecule has 2 aromatic rings. The van der Waals surface area contributed by atoms with E-state index >= 15 is 0 Å². The number of carbonyl (C=O) groups is 5. The number of unbranched alkanes of at least 4 members (excludes halogenated alkanes) is 3. The van der Waals surface area contributed by atoms with Gasteiger partial charge in [0.25, 0.3) is 5.91 Å². The highest BCUT2D eigenvalue weighted by Crippen LogP contribution is 2.33. The first-order chi connectivity index (χ1) is 27.9. The Bertz CT molecular complexity index is 1680. The molecule has 1 saturated heterocycles. The molecule has 59 heavy (non-hydrogen) atoms. The number of likely N-dealkylation sites (tertiary alicyclic amines) is 1. The van der Waals surface area contributed by atoms with Crippen LogP contribution in [0.5, 0.6) is 0 Å². The van der Waals surface area contributed by atoms with Crippen molar-refractivity contribution < 1.29 is 38.9 Å². The lowest BCUT2D eigenvalue weighted by Gasteiger charge is -2.39. The Hall–Kier alpha value is -4.08. The summed E-state index contributed by atoms with van der Waals surface area (Å²) in [7, 11) is 0.